The van der Waals surface area contributed by atoms with Crippen LogP contribution in [0.25, 0.3) is 0 Å². The molecule has 0 aliphatic heterocycles. The van der Waals surface area contributed by atoms with Crippen molar-refractivity contribution < 1.29 is 24.2 Å². The van der Waals surface area contributed by atoms with E-state index in [1.807, 2.05) is 13.0 Å². The molecule has 0 bridgehead atoms. The van der Waals surface area contributed by atoms with Gasteiger partial charge in [-0.3, -0.25) is 0 Å². The van der Waals surface area contributed by atoms with E-state index < -0.39 is 0 Å². The first kappa shape index (κ1) is 23.3. The van der Waals surface area contributed by atoms with E-state index in [2.05, 4.69) is 19.9 Å². The summed E-state index contributed by atoms with van der Waals surface area (Å²) in [6, 6.07) is 4.04. The predicted octanol–water partition coefficient (Wildman–Crippen LogP) is 5.77. The molecule has 1 aromatic carbocycles. The Bertz CT molecular complexity index is 525. The summed E-state index contributed by atoms with van der Waals surface area (Å²) in [5.74, 6) is 4.22. The number of benzene rings is 1. The summed E-state index contributed by atoms with van der Waals surface area (Å²) in [6.45, 7) is 7.22. The molecule has 26 heavy (non-hydrogen) atoms. The van der Waals surface area contributed by atoms with E-state index in [1.54, 1.807) is 5.92 Å². The number of rotatable bonds is 9. The van der Waals surface area contributed by atoms with Crippen LogP contribution in [-0.2, 0) is 25.9 Å². The van der Waals surface area contributed by atoms with Crippen molar-refractivity contribution in [3.8, 4) is 5.75 Å². The molecule has 2 rings (SSSR count). The van der Waals surface area contributed by atoms with Gasteiger partial charge in [0, 0.05) is 19.5 Å². The van der Waals surface area contributed by atoms with E-state index in [9.17, 15) is 0 Å². The molecule has 4 heteroatoms. The van der Waals surface area contributed by atoms with Crippen molar-refractivity contribution in [2.45, 2.75) is 78.6 Å². The van der Waals surface area contributed by atoms with Gasteiger partial charge in [-0.1, -0.05) is 58.4 Å². The largest absolute Gasteiger partial charge is 0.492 e. The number of ether oxygens (including phenoxy) is 1. The van der Waals surface area contributed by atoms with Crippen LogP contribution < -0.4 is 16.2 Å². The van der Waals surface area contributed by atoms with Crippen LogP contribution in [-0.4, -0.2) is 6.61 Å². The monoisotopic (exact) mass is 409 g/mol. The zero-order valence-corrected chi connectivity index (χ0v) is 20.1. The molecule has 1 fully saturated rings. The van der Waals surface area contributed by atoms with E-state index in [1.165, 1.54) is 44.9 Å². The number of nitrogen functional groups attached to an aromatic ring is 2. The maximum Gasteiger partial charge on any atom is 0.144 e. The standard InChI is InChI=1S/C22H37N2O.Zn/c1-4-25-20-15-14-19(21(23)22(20)24)13-12-18-10-8-17(9-11-18)7-5-6-16(2)3;/h14-17H,4-13,23-24H2,1-3H3;/q-1;. The van der Waals surface area contributed by atoms with Crippen LogP contribution in [0.5, 0.6) is 5.75 Å². The first-order valence-electron chi connectivity index (χ1n) is 10.1. The molecular weight excluding hydrogens is 374 g/mol. The fraction of sp³-hybridized carbons (Fsp3) is 0.682. The van der Waals surface area contributed by atoms with Crippen LogP contribution in [0.3, 0.4) is 0 Å². The molecule has 0 saturated heterocycles. The van der Waals surface area contributed by atoms with Crippen LogP contribution in [0.4, 0.5) is 11.4 Å². The van der Waals surface area contributed by atoms with Crippen molar-refractivity contribution in [2.24, 2.45) is 11.8 Å². The number of hydrogen-bond acceptors (Lipinski definition) is 3. The fourth-order valence-corrected chi connectivity index (χ4v) is 3.91. The van der Waals surface area contributed by atoms with Crippen LogP contribution >= 0.6 is 0 Å². The van der Waals surface area contributed by atoms with Crippen LogP contribution in [0, 0.1) is 17.8 Å². The van der Waals surface area contributed by atoms with Gasteiger partial charge in [-0.05, 0) is 30.4 Å². The van der Waals surface area contributed by atoms with Crippen LogP contribution in [0.15, 0.2) is 12.1 Å². The maximum atomic E-state index is 6.22. The normalized spacial score (nSPS) is 15.8. The van der Waals surface area contributed by atoms with E-state index in [4.69, 9.17) is 16.2 Å². The molecule has 0 amide bonds. The van der Waals surface area contributed by atoms with Crippen molar-refractivity contribution in [3.63, 3.8) is 0 Å². The Morgan fingerprint density at radius 1 is 1.15 bits per heavy atom. The molecule has 4 N–H and O–H groups in total. The number of nitrogens with two attached hydrogens (primary N) is 2. The molecule has 0 heterocycles. The Balaban J connectivity index is 0.00000338. The zero-order chi connectivity index (χ0) is 18.2. The van der Waals surface area contributed by atoms with E-state index in [0.29, 0.717) is 23.7 Å². The van der Waals surface area contributed by atoms with Crippen molar-refractivity contribution >= 4 is 11.4 Å². The van der Waals surface area contributed by atoms with E-state index in [0.717, 1.165) is 30.2 Å². The van der Waals surface area contributed by atoms with Gasteiger partial charge < -0.3 is 22.1 Å². The van der Waals surface area contributed by atoms with Gasteiger partial charge in [0.25, 0.3) is 0 Å². The molecule has 1 saturated carbocycles. The molecule has 0 unspecified atom stereocenters. The molecule has 0 aromatic heterocycles. The van der Waals surface area contributed by atoms with Gasteiger partial charge in [0.1, 0.15) is 5.75 Å². The third-order valence-corrected chi connectivity index (χ3v) is 5.59. The van der Waals surface area contributed by atoms with Gasteiger partial charge in [-0.2, -0.15) is 19.3 Å². The second-order valence-electron chi connectivity index (χ2n) is 8.00. The summed E-state index contributed by atoms with van der Waals surface area (Å²) in [5.41, 5.74) is 14.8. The van der Waals surface area contributed by atoms with Crippen LogP contribution in [0.2, 0.25) is 0 Å². The molecule has 1 aliphatic carbocycles. The smallest absolute Gasteiger partial charge is 0.144 e. The summed E-state index contributed by atoms with van der Waals surface area (Å²) in [6.07, 6.45) is 11.7. The first-order chi connectivity index (χ1) is 12.0. The SMILES string of the molecule is CCOc1ccc(CC[C-]2CCC(CCCC(C)C)CC2)c(N)c1N.[Zn]. The van der Waals surface area contributed by atoms with E-state index in [-0.39, 0.29) is 19.5 Å². The Kier molecular flexibility index (Phi) is 10.6. The second-order valence-corrected chi connectivity index (χ2v) is 8.00. The Labute approximate surface area is 173 Å². The molecule has 0 radical (unpaired) electrons. The number of hydrogen-bond donors (Lipinski definition) is 2. The van der Waals surface area contributed by atoms with Crippen molar-refractivity contribution in [1.29, 1.82) is 0 Å². The van der Waals surface area contributed by atoms with Crippen molar-refractivity contribution in [1.82, 2.24) is 0 Å². The van der Waals surface area contributed by atoms with Gasteiger partial charge in [-0.15, -0.1) is 0 Å². The summed E-state index contributed by atoms with van der Waals surface area (Å²) in [5, 5.41) is 0. The zero-order valence-electron chi connectivity index (χ0n) is 17.2. The summed E-state index contributed by atoms with van der Waals surface area (Å²) >= 11 is 0. The van der Waals surface area contributed by atoms with Gasteiger partial charge in [0.15, 0.2) is 0 Å². The Hall–Kier alpha value is -0.757. The third kappa shape index (κ3) is 7.10. The summed E-state index contributed by atoms with van der Waals surface area (Å²) in [7, 11) is 0. The fourth-order valence-electron chi connectivity index (χ4n) is 3.91. The average Bonchev–Trinajstić information content (AvgIpc) is 2.59. The van der Waals surface area contributed by atoms with Crippen molar-refractivity contribution in [2.75, 3.05) is 18.1 Å². The topological polar surface area (TPSA) is 61.3 Å². The van der Waals surface area contributed by atoms with Gasteiger partial charge in [0.05, 0.1) is 18.0 Å². The van der Waals surface area contributed by atoms with Crippen molar-refractivity contribution in [3.05, 3.63) is 23.6 Å². The van der Waals surface area contributed by atoms with Gasteiger partial charge in [0.2, 0.25) is 0 Å². The van der Waals surface area contributed by atoms with Crippen LogP contribution in [0.1, 0.15) is 77.7 Å². The third-order valence-electron chi connectivity index (χ3n) is 5.59. The molecule has 0 atom stereocenters. The van der Waals surface area contributed by atoms with E-state index >= 15 is 0 Å². The Morgan fingerprint density at radius 2 is 1.85 bits per heavy atom. The molecule has 1 aromatic rings. The molecule has 144 valence electrons. The summed E-state index contributed by atoms with van der Waals surface area (Å²) in [4.78, 5) is 0. The minimum Gasteiger partial charge on any atom is -0.492 e. The second kappa shape index (κ2) is 11.9. The molecule has 1 aliphatic rings. The maximum absolute atomic E-state index is 6.22. The minimum absolute atomic E-state index is 0. The van der Waals surface area contributed by atoms with Gasteiger partial charge in [-0.25, -0.2) is 0 Å². The quantitative estimate of drug-likeness (QED) is 0.308. The van der Waals surface area contributed by atoms with Gasteiger partial charge >= 0.3 is 0 Å². The minimum atomic E-state index is 0. The number of anilines is 2. The predicted molar refractivity (Wildman–Crippen MR) is 109 cm³/mol. The summed E-state index contributed by atoms with van der Waals surface area (Å²) < 4.78 is 5.52. The molecular formula is C22H37N2OZn-. The Morgan fingerprint density at radius 3 is 2.46 bits per heavy atom. The molecule has 3 nitrogen and oxygen atoms in total. The molecule has 0 spiro atoms. The average molecular weight is 411 g/mol. The first-order valence-corrected chi connectivity index (χ1v) is 10.1. The number of aryl methyl sites for hydroxylation is 1.